The molecule has 0 spiro atoms. The molecule has 8 nitrogen and oxygen atoms in total. The van der Waals surface area contributed by atoms with E-state index >= 15 is 0 Å². The molecule has 2 unspecified atom stereocenters. The van der Waals surface area contributed by atoms with Crippen LogP contribution in [-0.2, 0) is 4.74 Å². The molecule has 2 aromatic heterocycles. The van der Waals surface area contributed by atoms with Gasteiger partial charge in [-0.3, -0.25) is 0 Å². The number of rotatable bonds is 4. The molecule has 0 radical (unpaired) electrons. The highest BCUT2D eigenvalue weighted by molar-refractivity contribution is 7.80. The van der Waals surface area contributed by atoms with Gasteiger partial charge in [-0.1, -0.05) is 12.8 Å². The van der Waals surface area contributed by atoms with Crippen molar-refractivity contribution < 1.29 is 14.9 Å². The summed E-state index contributed by atoms with van der Waals surface area (Å²) in [6.07, 6.45) is 8.65. The summed E-state index contributed by atoms with van der Waals surface area (Å²) in [5, 5.41) is 25.3. The van der Waals surface area contributed by atoms with Gasteiger partial charge in [0.25, 0.3) is 0 Å². The molecule has 0 aromatic carbocycles. The number of nitrogens with zero attached hydrogens (tertiary/aromatic N) is 4. The molecule has 0 amide bonds. The second-order valence-electron chi connectivity index (χ2n) is 7.76. The molecule has 10 heteroatoms. The Bertz CT molecular complexity index is 785. The van der Waals surface area contributed by atoms with Crippen molar-refractivity contribution in [2.45, 2.75) is 76.5 Å². The molecule has 2 fully saturated rings. The maximum atomic E-state index is 8.08. The summed E-state index contributed by atoms with van der Waals surface area (Å²) in [5.74, 6) is 0.00168. The molecule has 1 aliphatic heterocycles. The van der Waals surface area contributed by atoms with Crippen molar-refractivity contribution in [3.05, 3.63) is 11.5 Å². The SMILES string of the molecule is CC(C)(O)O.SCC1CCC(n2ncc3c(NC4CCCC4)nc(Cl)nc32)O1. The van der Waals surface area contributed by atoms with Crippen LogP contribution < -0.4 is 5.32 Å². The van der Waals surface area contributed by atoms with Crippen molar-refractivity contribution >= 4 is 41.1 Å². The summed E-state index contributed by atoms with van der Waals surface area (Å²) in [5.41, 5.74) is 0.732. The van der Waals surface area contributed by atoms with Gasteiger partial charge in [0.1, 0.15) is 5.82 Å². The zero-order valence-electron chi connectivity index (χ0n) is 16.2. The number of halogens is 1. The fraction of sp³-hybridized carbons (Fsp3) is 0.722. The van der Waals surface area contributed by atoms with Crippen LogP contribution in [0.25, 0.3) is 11.0 Å². The first-order chi connectivity index (χ1) is 13.2. The Morgan fingerprint density at radius 3 is 2.54 bits per heavy atom. The van der Waals surface area contributed by atoms with E-state index in [1.54, 1.807) is 6.20 Å². The van der Waals surface area contributed by atoms with Crippen LogP contribution in [0, 0.1) is 0 Å². The molecule has 3 N–H and O–H groups in total. The maximum Gasteiger partial charge on any atom is 0.226 e. The number of hydrogen-bond donors (Lipinski definition) is 4. The Kier molecular flexibility index (Phi) is 7.03. The molecular formula is C18H28ClN5O3S. The van der Waals surface area contributed by atoms with E-state index < -0.39 is 5.79 Å². The quantitative estimate of drug-likeness (QED) is 0.336. The molecule has 4 rings (SSSR count). The van der Waals surface area contributed by atoms with Gasteiger partial charge in [-0.25, -0.2) is 4.68 Å². The number of nitrogens with one attached hydrogen (secondary N) is 1. The van der Waals surface area contributed by atoms with Gasteiger partial charge < -0.3 is 20.3 Å². The number of hydrogen-bond acceptors (Lipinski definition) is 8. The van der Waals surface area contributed by atoms with Crippen molar-refractivity contribution in [2.24, 2.45) is 0 Å². The van der Waals surface area contributed by atoms with Gasteiger partial charge >= 0.3 is 0 Å². The van der Waals surface area contributed by atoms with E-state index in [0.29, 0.717) is 6.04 Å². The normalized spacial score (nSPS) is 23.1. The van der Waals surface area contributed by atoms with E-state index in [1.165, 1.54) is 39.5 Å². The minimum atomic E-state index is -1.50. The Morgan fingerprint density at radius 2 is 1.93 bits per heavy atom. The first-order valence-electron chi connectivity index (χ1n) is 9.63. The standard InChI is InChI=1S/C15H20ClN5OS.C3H8O2/c16-15-19-13(18-9-3-1-2-4-9)11-7-17-21(14(11)20-15)12-6-5-10(8-23)22-12;1-3(2,4)5/h7,9-10,12,23H,1-6,8H2,(H,18,19,20);4-5H,1-2H3. The largest absolute Gasteiger partial charge is 0.367 e. The molecule has 1 saturated carbocycles. The van der Waals surface area contributed by atoms with Gasteiger partial charge in [0, 0.05) is 11.8 Å². The van der Waals surface area contributed by atoms with Gasteiger partial charge in [0.05, 0.1) is 17.7 Å². The lowest BCUT2D eigenvalue weighted by molar-refractivity contribution is -0.127. The molecule has 1 aliphatic carbocycles. The van der Waals surface area contributed by atoms with Crippen LogP contribution in [0.2, 0.25) is 5.28 Å². The number of anilines is 1. The van der Waals surface area contributed by atoms with Crippen LogP contribution in [-0.4, -0.2) is 53.6 Å². The highest BCUT2D eigenvalue weighted by atomic mass is 35.5. The lowest BCUT2D eigenvalue weighted by Gasteiger charge is -2.15. The van der Waals surface area contributed by atoms with Gasteiger partial charge in [0.2, 0.25) is 5.28 Å². The Morgan fingerprint density at radius 1 is 1.25 bits per heavy atom. The Balaban J connectivity index is 0.000000403. The Labute approximate surface area is 175 Å². The van der Waals surface area contributed by atoms with Crippen LogP contribution in [0.3, 0.4) is 0 Å². The third-order valence-corrected chi connectivity index (χ3v) is 5.26. The van der Waals surface area contributed by atoms with Crippen molar-refractivity contribution in [3.63, 3.8) is 0 Å². The lowest BCUT2D eigenvalue weighted by atomic mass is 10.2. The molecule has 28 heavy (non-hydrogen) atoms. The summed E-state index contributed by atoms with van der Waals surface area (Å²) >= 11 is 10.5. The first-order valence-corrected chi connectivity index (χ1v) is 10.6. The maximum absolute atomic E-state index is 8.08. The summed E-state index contributed by atoms with van der Waals surface area (Å²) in [6.45, 7) is 2.60. The average Bonchev–Trinajstić information content (AvgIpc) is 3.32. The fourth-order valence-corrected chi connectivity index (χ4v) is 3.92. The van der Waals surface area contributed by atoms with Crippen LogP contribution >= 0.6 is 24.2 Å². The summed E-state index contributed by atoms with van der Waals surface area (Å²) < 4.78 is 7.80. The number of aliphatic hydroxyl groups is 2. The fourth-order valence-electron chi connectivity index (χ4n) is 3.48. The van der Waals surface area contributed by atoms with E-state index in [2.05, 4.69) is 33.0 Å². The molecule has 3 heterocycles. The molecule has 0 bridgehead atoms. The molecule has 2 atom stereocenters. The topological polar surface area (TPSA) is 105 Å². The van der Waals surface area contributed by atoms with Crippen molar-refractivity contribution in [2.75, 3.05) is 11.1 Å². The summed E-state index contributed by atoms with van der Waals surface area (Å²) in [6, 6.07) is 0.462. The number of fused-ring (bicyclic) bond motifs is 1. The third kappa shape index (κ3) is 5.70. The van der Waals surface area contributed by atoms with Crippen LogP contribution in [0.5, 0.6) is 0 Å². The molecule has 1 saturated heterocycles. The zero-order chi connectivity index (χ0) is 20.3. The third-order valence-electron chi connectivity index (χ3n) is 4.68. The molecule has 2 aromatic rings. The first kappa shape index (κ1) is 21.6. The van der Waals surface area contributed by atoms with E-state index in [0.717, 1.165) is 35.4 Å². The monoisotopic (exact) mass is 429 g/mol. The van der Waals surface area contributed by atoms with Crippen molar-refractivity contribution in [1.82, 2.24) is 19.7 Å². The van der Waals surface area contributed by atoms with Crippen LogP contribution in [0.4, 0.5) is 5.82 Å². The average molecular weight is 430 g/mol. The number of aromatic nitrogens is 4. The minimum Gasteiger partial charge on any atom is -0.367 e. The van der Waals surface area contributed by atoms with Crippen molar-refractivity contribution in [1.29, 1.82) is 0 Å². The van der Waals surface area contributed by atoms with E-state index in [9.17, 15) is 0 Å². The molecule has 2 aliphatic rings. The van der Waals surface area contributed by atoms with Gasteiger partial charge in [-0.2, -0.15) is 27.7 Å². The second kappa shape index (κ2) is 9.13. The van der Waals surface area contributed by atoms with Gasteiger partial charge in [-0.05, 0) is 51.1 Å². The van der Waals surface area contributed by atoms with E-state index in [-0.39, 0.29) is 17.6 Å². The number of ether oxygens (including phenoxy) is 1. The highest BCUT2D eigenvalue weighted by Gasteiger charge is 2.28. The highest BCUT2D eigenvalue weighted by Crippen LogP contribution is 2.33. The van der Waals surface area contributed by atoms with Crippen LogP contribution in [0.15, 0.2) is 6.20 Å². The summed E-state index contributed by atoms with van der Waals surface area (Å²) in [7, 11) is 0. The smallest absolute Gasteiger partial charge is 0.226 e. The zero-order valence-corrected chi connectivity index (χ0v) is 17.8. The predicted molar refractivity (Wildman–Crippen MR) is 112 cm³/mol. The van der Waals surface area contributed by atoms with E-state index in [1.807, 2.05) is 4.68 Å². The number of thiol groups is 1. The van der Waals surface area contributed by atoms with E-state index in [4.69, 9.17) is 26.6 Å². The second-order valence-corrected chi connectivity index (χ2v) is 8.46. The van der Waals surface area contributed by atoms with Crippen molar-refractivity contribution in [3.8, 4) is 0 Å². The predicted octanol–water partition coefficient (Wildman–Crippen LogP) is 3.15. The lowest BCUT2D eigenvalue weighted by Crippen LogP contribution is -2.16. The van der Waals surface area contributed by atoms with Crippen LogP contribution in [0.1, 0.15) is 58.6 Å². The Hall–Kier alpha value is -1.13. The summed E-state index contributed by atoms with van der Waals surface area (Å²) in [4.78, 5) is 8.75. The van der Waals surface area contributed by atoms with Gasteiger partial charge in [-0.15, -0.1) is 0 Å². The molecule has 156 valence electrons. The molecular weight excluding hydrogens is 402 g/mol. The van der Waals surface area contributed by atoms with Gasteiger partial charge in [0.15, 0.2) is 17.7 Å². The minimum absolute atomic E-state index is 0.102.